The third-order valence-corrected chi connectivity index (χ3v) is 56.9. The van der Waals surface area contributed by atoms with Gasteiger partial charge in [0.2, 0.25) is 0 Å². The predicted molar refractivity (Wildman–Crippen MR) is 489 cm³/mol. The van der Waals surface area contributed by atoms with E-state index in [0.29, 0.717) is 58.7 Å². The summed E-state index contributed by atoms with van der Waals surface area (Å²) < 4.78 is 116. The van der Waals surface area contributed by atoms with Crippen molar-refractivity contribution >= 4 is 129 Å². The van der Waals surface area contributed by atoms with Crippen LogP contribution >= 0.6 is 0 Å². The van der Waals surface area contributed by atoms with E-state index in [0.717, 1.165) is 98.8 Å². The zero-order chi connectivity index (χ0) is 92.0. The first-order chi connectivity index (χ1) is 54.7. The van der Waals surface area contributed by atoms with E-state index in [1.807, 2.05) is 6.92 Å². The van der Waals surface area contributed by atoms with Gasteiger partial charge in [0.15, 0.2) is 49.9 Å². The van der Waals surface area contributed by atoms with Gasteiger partial charge < -0.3 is 115 Å². The van der Waals surface area contributed by atoms with Crippen LogP contribution in [0.3, 0.4) is 0 Å². The molecule has 8 unspecified atom stereocenters. The van der Waals surface area contributed by atoms with Crippen molar-refractivity contribution in [3.63, 3.8) is 0 Å². The van der Waals surface area contributed by atoms with Gasteiger partial charge in [-0.1, -0.05) is 46.4 Å². The molecule has 0 aliphatic heterocycles. The number of aliphatic hydroxyl groups excluding tert-OH is 5. The average Bonchev–Trinajstić information content (AvgIpc) is 0.817. The highest BCUT2D eigenvalue weighted by Crippen LogP contribution is 2.33. The van der Waals surface area contributed by atoms with E-state index in [1.54, 1.807) is 0 Å². The van der Waals surface area contributed by atoms with E-state index < -0.39 is 159 Å². The molecule has 0 rings (SSSR count). The van der Waals surface area contributed by atoms with E-state index >= 15 is 0 Å². The van der Waals surface area contributed by atoms with Crippen molar-refractivity contribution in [1.82, 2.24) is 0 Å². The number of esters is 6. The van der Waals surface area contributed by atoms with Gasteiger partial charge in [-0.2, -0.15) is 0 Å². The molecule has 696 valence electrons. The molecular weight excluding hydrogens is 1730 g/mol. The molecule has 0 radical (unpaired) electrons. The Kier molecular flexibility index (Phi) is 62.6. The van der Waals surface area contributed by atoms with Crippen molar-refractivity contribution in [2.45, 2.75) is 256 Å². The summed E-state index contributed by atoms with van der Waals surface area (Å²) >= 11 is 0. The molecule has 5 N–H and O–H groups in total. The normalized spacial score (nSPS) is 15.0. The van der Waals surface area contributed by atoms with E-state index in [4.69, 9.17) is 89.8 Å². The third-order valence-electron chi connectivity index (χ3n) is 15.7. The Balaban J connectivity index is -0.00000178. The highest BCUT2D eigenvalue weighted by Gasteiger charge is 2.47. The molecule has 119 heavy (non-hydrogen) atoms. The molecule has 31 nitrogen and oxygen atoms in total. The van der Waals surface area contributed by atoms with Crippen molar-refractivity contribution in [2.75, 3.05) is 119 Å². The van der Waals surface area contributed by atoms with Crippen LogP contribution in [0.4, 0.5) is 0 Å². The number of carbonyl (C=O) groups excluding carboxylic acids is 6. The monoisotopic (exact) mass is 1890 g/mol. The van der Waals surface area contributed by atoms with Gasteiger partial charge in [-0.25, -0.2) is 28.8 Å². The minimum atomic E-state index is -2.81. The van der Waals surface area contributed by atoms with Gasteiger partial charge in [0.25, 0.3) is 0 Å². The molecule has 0 aliphatic rings. The second kappa shape index (κ2) is 62.1. The Bertz CT molecular complexity index is 2850. The van der Waals surface area contributed by atoms with Crippen molar-refractivity contribution in [2.24, 2.45) is 5.92 Å². The standard InChI is InChI=1S/C35H68O14Si4.C24H48O10Si3.C18H42O7Si4/c1-12-33(38)44-25-30(4)24-41-18-15-22-51(7,8)48-53(11,23-17-20-43-27-32(37)29-46-35(40)14-3)49-52(9,10)47-50(5,6)21-16-19-42-26-31(36)28-45-34(39)13-2;1-9-23(27)31-19-21(25)17-29-13-11-15-35(3,4)33-37(7,8)34-36(5,6)16-12-14-30-18-22(26)20-32-24(28)10-2;1-11-18(20)22-16-17(19)15-21-13-12-14-29(10,24-27(5,6)7)25-28(8,9)23-26(2,3)4/h12-14,30-32,36-37H,1-3,15-29H2,4-11H3;9-10,21-22,25-26H,1-2,11-20H2,3-8H3;11,17,19H,1,12-16H2,2-10H3. The Morgan fingerprint density at radius 3 is 0.681 bits per heavy atom. The van der Waals surface area contributed by atoms with Crippen molar-refractivity contribution < 1.29 is 144 Å². The number of ether oxygens (including phenoxy) is 12. The Labute approximate surface area is 725 Å². The molecule has 42 heteroatoms. The molecule has 0 bridgehead atoms. The summed E-state index contributed by atoms with van der Waals surface area (Å²) in [5.74, 6) is -3.27. The number of rotatable bonds is 70. The van der Waals surface area contributed by atoms with Crippen LogP contribution in [0.5, 0.6) is 0 Å². The molecule has 0 saturated heterocycles. The summed E-state index contributed by atoms with van der Waals surface area (Å²) in [6, 6.07) is 4.93. The number of carbonyl (C=O) groups is 6. The fourth-order valence-electron chi connectivity index (χ4n) is 12.0. The average molecular weight is 1890 g/mol. The van der Waals surface area contributed by atoms with E-state index in [2.05, 4.69) is 184 Å². The van der Waals surface area contributed by atoms with Crippen LogP contribution in [-0.2, 0) is 119 Å². The zero-order valence-corrected chi connectivity index (χ0v) is 87.7. The van der Waals surface area contributed by atoms with Crippen LogP contribution in [0.2, 0.25) is 180 Å². The van der Waals surface area contributed by atoms with Crippen LogP contribution in [0.1, 0.15) is 45.4 Å². The van der Waals surface area contributed by atoms with Gasteiger partial charge in [0.05, 0.1) is 46.2 Å². The molecule has 0 aromatic heterocycles. The van der Waals surface area contributed by atoms with E-state index in [-0.39, 0.29) is 78.6 Å². The Hall–Kier alpha value is -3.11. The molecule has 0 spiro atoms. The van der Waals surface area contributed by atoms with E-state index in [1.165, 1.54) is 0 Å². The molecular formula is C77H158O31Si11. The highest BCUT2D eigenvalue weighted by atomic mass is 28.5. The maximum atomic E-state index is 11.3. The Morgan fingerprint density at radius 2 is 0.445 bits per heavy atom. The topological polar surface area (TPSA) is 388 Å². The maximum Gasteiger partial charge on any atom is 0.330 e. The third kappa shape index (κ3) is 73.8. The molecule has 0 amide bonds. The van der Waals surface area contributed by atoms with Crippen LogP contribution in [0.25, 0.3) is 0 Å². The first-order valence-corrected chi connectivity index (χ1v) is 73.8. The van der Waals surface area contributed by atoms with Crippen molar-refractivity contribution in [1.29, 1.82) is 0 Å². The fourth-order valence-corrected chi connectivity index (χ4v) is 63.6. The number of aliphatic hydroxyl groups is 5. The lowest BCUT2D eigenvalue weighted by molar-refractivity contribution is -0.142. The smallest absolute Gasteiger partial charge is 0.330 e. The predicted octanol–water partition coefficient (Wildman–Crippen LogP) is 12.1. The summed E-state index contributed by atoms with van der Waals surface area (Å²) in [6.07, 6.45) is 6.53. The molecule has 8 atom stereocenters. The van der Waals surface area contributed by atoms with Crippen molar-refractivity contribution in [3.8, 4) is 0 Å². The summed E-state index contributed by atoms with van der Waals surface area (Å²) in [6.45, 7) is 72.4. The summed E-state index contributed by atoms with van der Waals surface area (Å²) in [4.78, 5) is 66.8. The SMILES string of the molecule is C=CC(=O)OCC(C)COCCC[Si](C)(C)O[Si](C)(CCCOCC(O)COC(=O)C=C)O[Si](C)(C)O[Si](C)(C)CCCOCC(O)COC(=O)C=C.C=CC(=O)OCC(O)COCCC[Si](C)(C)O[Si](C)(C)O[Si](C)(C)CCCOCC(O)COC(=O)C=C.C=CC(=O)OCC(O)COCCC[Si](C)(O[Si](C)(C)C)O[Si](C)(C)O[Si](C)(C)C. The molecule has 0 aliphatic carbocycles. The van der Waals surface area contributed by atoms with Crippen LogP contribution in [-0.4, -0.2) is 304 Å². The minimum Gasteiger partial charge on any atom is -0.462 e. The van der Waals surface area contributed by atoms with Gasteiger partial charge in [-0.15, -0.1) is 0 Å². The molecule has 0 fully saturated rings. The minimum absolute atomic E-state index is 0.0224. The van der Waals surface area contributed by atoms with Gasteiger partial charge in [-0.3, -0.25) is 0 Å². The molecule has 0 aromatic rings. The summed E-state index contributed by atoms with van der Waals surface area (Å²) in [7, 11) is -24.5. The quantitative estimate of drug-likeness (QED) is 0.0124. The Morgan fingerprint density at radius 1 is 0.252 bits per heavy atom. The second-order valence-corrected chi connectivity index (χ2v) is 80.0. The zero-order valence-electron chi connectivity index (χ0n) is 76.7. The molecule has 0 saturated carbocycles. The lowest BCUT2D eigenvalue weighted by Gasteiger charge is -2.42. The largest absolute Gasteiger partial charge is 0.462 e. The lowest BCUT2D eigenvalue weighted by Crippen LogP contribution is -2.57. The first kappa shape index (κ1) is 120. The molecule has 0 aromatic carbocycles. The second-order valence-electron chi connectivity index (χ2n) is 35.0. The lowest BCUT2D eigenvalue weighted by atomic mass is 10.2. The summed E-state index contributed by atoms with van der Waals surface area (Å²) in [5.41, 5.74) is 0. The van der Waals surface area contributed by atoms with Gasteiger partial charge in [-0.05, 0) is 219 Å². The van der Waals surface area contributed by atoms with Crippen molar-refractivity contribution in [3.05, 3.63) is 75.9 Å². The molecule has 0 heterocycles. The summed E-state index contributed by atoms with van der Waals surface area (Å²) in [5, 5.41) is 49.4. The highest BCUT2D eigenvalue weighted by molar-refractivity contribution is 6.91. The van der Waals surface area contributed by atoms with E-state index in [9.17, 15) is 54.3 Å². The number of hydrogen-bond donors (Lipinski definition) is 5. The van der Waals surface area contributed by atoms with Crippen LogP contribution in [0.15, 0.2) is 75.9 Å². The van der Waals surface area contributed by atoms with Crippen LogP contribution < -0.4 is 0 Å². The fraction of sp³-hybridized carbons (Fsp3) is 0.766. The van der Waals surface area contributed by atoms with Crippen LogP contribution in [0, 0.1) is 5.92 Å². The van der Waals surface area contributed by atoms with Gasteiger partial charge in [0, 0.05) is 82.0 Å². The van der Waals surface area contributed by atoms with Gasteiger partial charge >= 0.3 is 78.6 Å². The van der Waals surface area contributed by atoms with Gasteiger partial charge in [0.1, 0.15) is 63.6 Å². The first-order valence-electron chi connectivity index (χ1n) is 41.0. The maximum absolute atomic E-state index is 11.3. The number of hydrogen-bond acceptors (Lipinski definition) is 31.